The molecule has 0 N–H and O–H groups in total. The first-order chi connectivity index (χ1) is 33.2. The Kier molecular flexibility index (Phi) is 6.82. The third-order valence-electron chi connectivity index (χ3n) is 17.1. The third kappa shape index (κ3) is 4.36. The normalized spacial score (nSPS) is 17.0. The molecular weight excluding hydrogens is 828 g/mol. The third-order valence-corrected chi connectivity index (χ3v) is 17.1. The maximum Gasteiger partial charge on any atom is 0.333 e. The van der Waals surface area contributed by atoms with Crippen molar-refractivity contribution in [2.75, 3.05) is 9.71 Å². The Labute approximate surface area is 395 Å². The Morgan fingerprint density at radius 3 is 1.82 bits per heavy atom. The Bertz CT molecular complexity index is 4050. The molecule has 0 fully saturated rings. The van der Waals surface area contributed by atoms with Crippen LogP contribution in [0.25, 0.3) is 66.1 Å². The fraction of sp³-hybridized carbons (Fsp3) is 0.143. The highest BCUT2D eigenvalue weighted by molar-refractivity contribution is 6.94. The highest BCUT2D eigenvalue weighted by Gasteiger charge is 2.56. The Hall–Kier alpha value is -7.76. The van der Waals surface area contributed by atoms with Crippen molar-refractivity contribution in [2.45, 2.75) is 56.8 Å². The summed E-state index contributed by atoms with van der Waals surface area (Å²) in [6.07, 6.45) is 2.31. The summed E-state index contributed by atoms with van der Waals surface area (Å²) < 4.78 is 14.0. The first-order valence-corrected chi connectivity index (χ1v) is 24.3. The van der Waals surface area contributed by atoms with Crippen LogP contribution in [0.2, 0.25) is 0 Å². The zero-order valence-electron chi connectivity index (χ0n) is 38.4. The summed E-state index contributed by atoms with van der Waals surface area (Å²) in [5, 5.41) is 4.49. The molecule has 0 unspecified atom stereocenters. The average Bonchev–Trinajstić information content (AvgIpc) is 4.02. The number of hydrogen-bond acceptors (Lipinski definition) is 4. The predicted octanol–water partition coefficient (Wildman–Crippen LogP) is 15.2. The van der Waals surface area contributed by atoms with E-state index in [1.807, 2.05) is 0 Å². The van der Waals surface area contributed by atoms with Gasteiger partial charge in [0.2, 0.25) is 0 Å². The topological polar surface area (TPSA) is 32.8 Å². The van der Waals surface area contributed by atoms with Crippen molar-refractivity contribution in [3.63, 3.8) is 0 Å². The van der Waals surface area contributed by atoms with Crippen molar-refractivity contribution in [1.29, 1.82) is 0 Å². The molecule has 0 atom stereocenters. The Morgan fingerprint density at radius 2 is 1.06 bits per heavy atom. The van der Waals surface area contributed by atoms with Gasteiger partial charge in [-0.3, -0.25) is 0 Å². The largest absolute Gasteiger partial charge is 0.456 e. The van der Waals surface area contributed by atoms with Crippen LogP contribution in [-0.2, 0) is 16.2 Å². The van der Waals surface area contributed by atoms with Gasteiger partial charge in [-0.05, 0) is 133 Å². The van der Waals surface area contributed by atoms with E-state index in [-0.39, 0.29) is 17.7 Å². The van der Waals surface area contributed by atoms with Crippen molar-refractivity contribution >= 4 is 90.1 Å². The molecule has 5 heterocycles. The highest BCUT2D eigenvalue weighted by Crippen LogP contribution is 2.65. The lowest BCUT2D eigenvalue weighted by molar-refractivity contribution is 0.332. The van der Waals surface area contributed by atoms with Gasteiger partial charge in [0.25, 0.3) is 0 Å². The van der Waals surface area contributed by atoms with Crippen LogP contribution >= 0.6 is 0 Å². The molecule has 0 radical (unpaired) electrons. The predicted molar refractivity (Wildman–Crippen MR) is 281 cm³/mol. The molecule has 0 amide bonds. The smallest absolute Gasteiger partial charge is 0.333 e. The minimum absolute atomic E-state index is 0.0162. The number of benzene rings is 9. The van der Waals surface area contributed by atoms with Gasteiger partial charge in [-0.1, -0.05) is 155 Å². The maximum atomic E-state index is 7.26. The van der Waals surface area contributed by atoms with Gasteiger partial charge < -0.3 is 18.5 Å². The van der Waals surface area contributed by atoms with E-state index in [1.165, 1.54) is 90.2 Å². The lowest BCUT2D eigenvalue weighted by Gasteiger charge is -2.51. The number of furan rings is 2. The Balaban J connectivity index is 1.10. The van der Waals surface area contributed by atoms with E-state index in [2.05, 4.69) is 213 Å². The molecule has 2 aromatic heterocycles. The number of para-hydroxylation sites is 4. The minimum Gasteiger partial charge on any atom is -0.456 e. The summed E-state index contributed by atoms with van der Waals surface area (Å²) in [5.41, 5.74) is 24.7. The van der Waals surface area contributed by atoms with E-state index in [9.17, 15) is 0 Å². The van der Waals surface area contributed by atoms with Gasteiger partial charge in [-0.25, -0.2) is 0 Å². The first-order valence-electron chi connectivity index (χ1n) is 24.3. The van der Waals surface area contributed by atoms with Crippen molar-refractivity contribution < 1.29 is 8.83 Å². The van der Waals surface area contributed by atoms with Gasteiger partial charge >= 0.3 is 6.85 Å². The highest BCUT2D eigenvalue weighted by atomic mass is 16.3. The molecule has 68 heavy (non-hydrogen) atoms. The molecule has 322 valence electrons. The Morgan fingerprint density at radius 1 is 0.426 bits per heavy atom. The molecule has 0 saturated heterocycles. The second kappa shape index (κ2) is 12.4. The van der Waals surface area contributed by atoms with E-state index in [4.69, 9.17) is 8.83 Å². The maximum absolute atomic E-state index is 7.26. The molecule has 5 heteroatoms. The number of hydrogen-bond donors (Lipinski definition) is 0. The number of anilines is 5. The average molecular weight is 873 g/mol. The van der Waals surface area contributed by atoms with E-state index in [1.54, 1.807) is 0 Å². The molecule has 4 nitrogen and oxygen atoms in total. The molecule has 5 aliphatic rings. The van der Waals surface area contributed by atoms with Gasteiger partial charge in [-0.15, -0.1) is 0 Å². The first kappa shape index (κ1) is 37.3. The lowest BCUT2D eigenvalue weighted by Crippen LogP contribution is -2.62. The van der Waals surface area contributed by atoms with E-state index in [0.29, 0.717) is 0 Å². The number of rotatable bonds is 1. The summed E-state index contributed by atoms with van der Waals surface area (Å²) in [4.78, 5) is 5.31. The lowest BCUT2D eigenvalue weighted by atomic mass is 9.42. The minimum atomic E-state index is -0.561. The number of nitrogens with zero attached hydrogens (tertiary/aromatic N) is 2. The summed E-state index contributed by atoms with van der Waals surface area (Å²) in [6.45, 7) is 9.54. The zero-order valence-corrected chi connectivity index (χ0v) is 38.4. The zero-order chi connectivity index (χ0) is 45.0. The quantitative estimate of drug-likeness (QED) is 0.154. The van der Waals surface area contributed by atoms with Crippen LogP contribution in [0.15, 0.2) is 185 Å². The van der Waals surface area contributed by atoms with Crippen LogP contribution in [0.1, 0.15) is 73.9 Å². The monoisotopic (exact) mass is 872 g/mol. The van der Waals surface area contributed by atoms with Crippen LogP contribution in [0.3, 0.4) is 0 Å². The van der Waals surface area contributed by atoms with Crippen LogP contribution in [0.4, 0.5) is 28.4 Å². The van der Waals surface area contributed by atoms with Crippen molar-refractivity contribution in [3.8, 4) is 22.3 Å². The van der Waals surface area contributed by atoms with E-state index in [0.717, 1.165) is 61.5 Å². The van der Waals surface area contributed by atoms with E-state index < -0.39 is 5.41 Å². The molecule has 11 aromatic rings. The number of fused-ring (bicyclic) bond motifs is 21. The van der Waals surface area contributed by atoms with Crippen molar-refractivity contribution in [2.24, 2.45) is 0 Å². The second-order valence-corrected chi connectivity index (χ2v) is 21.3. The standard InChI is InChI=1S/C63H45BN2O2/c1-61(2)30-31-62(3,4)50-32-36(28-29-47(50)61)66-53-34-42-39-18-7-13-26-54(39)67-56(42)35-41(53)43-33-44-40-19-8-14-27-55(40)68-60(44)59-57(43)64(66)51-24-15-23-49-58(51)65(59)52-25-12-11-22-48(52)63(49)45-20-9-5-16-37(45)38-17-6-10-21-46(38)63/h5-29,32-35H,30-31H2,1-4H3. The van der Waals surface area contributed by atoms with Crippen molar-refractivity contribution in [1.82, 2.24) is 0 Å². The van der Waals surface area contributed by atoms with Gasteiger partial charge in [0, 0.05) is 44.2 Å². The molecule has 0 saturated carbocycles. The molecule has 2 aliphatic carbocycles. The van der Waals surface area contributed by atoms with Crippen molar-refractivity contribution in [3.05, 3.63) is 209 Å². The summed E-state index contributed by atoms with van der Waals surface area (Å²) >= 11 is 0. The SMILES string of the molecule is CC1(C)CCC(C)(C)c2cc(N3B4c5cccc6c5N(c5ccccc5C65c6ccccc6-c6ccccc65)c5c4c(cc4c5oc5ccccc54)-c4cc5oc6ccccc6c5cc43)ccc21. The molecule has 0 bridgehead atoms. The second-order valence-electron chi connectivity index (χ2n) is 21.3. The summed E-state index contributed by atoms with van der Waals surface area (Å²) in [6, 6.07) is 66.4. The van der Waals surface area contributed by atoms with Crippen LogP contribution in [0.5, 0.6) is 0 Å². The molecule has 1 spiro atoms. The van der Waals surface area contributed by atoms with Crippen LogP contribution < -0.4 is 20.6 Å². The van der Waals surface area contributed by atoms with E-state index >= 15 is 0 Å². The van der Waals surface area contributed by atoms with Crippen LogP contribution in [0, 0.1) is 0 Å². The molecule has 9 aromatic carbocycles. The van der Waals surface area contributed by atoms with Gasteiger partial charge in [0.15, 0.2) is 5.58 Å². The van der Waals surface area contributed by atoms with Crippen LogP contribution in [-0.4, -0.2) is 6.85 Å². The fourth-order valence-corrected chi connectivity index (χ4v) is 14.0. The van der Waals surface area contributed by atoms with Gasteiger partial charge in [0.1, 0.15) is 16.7 Å². The summed E-state index contributed by atoms with van der Waals surface area (Å²) in [5.74, 6) is 0. The van der Waals surface area contributed by atoms with Gasteiger partial charge in [-0.2, -0.15) is 0 Å². The molecule has 16 rings (SSSR count). The molecule has 3 aliphatic heterocycles. The van der Waals surface area contributed by atoms with Gasteiger partial charge in [0.05, 0.1) is 16.8 Å². The molecular formula is C63H45BN2O2. The summed E-state index contributed by atoms with van der Waals surface area (Å²) in [7, 11) is 0. The fourth-order valence-electron chi connectivity index (χ4n) is 14.0.